The molecule has 0 saturated heterocycles. The van der Waals surface area contributed by atoms with Gasteiger partial charge in [-0.1, -0.05) is 6.92 Å². The van der Waals surface area contributed by atoms with Crippen molar-refractivity contribution in [3.63, 3.8) is 0 Å². The van der Waals surface area contributed by atoms with Crippen LogP contribution in [0.5, 0.6) is 0 Å². The number of rotatable bonds is 4. The second-order valence-electron chi connectivity index (χ2n) is 5.07. The Kier molecular flexibility index (Phi) is 3.82. The SMILES string of the molecule is CCCc1ncc(C(=O)NC2CCn3ccnc3C2)s1. The summed E-state index contributed by atoms with van der Waals surface area (Å²) in [5, 5.41) is 4.14. The Morgan fingerprint density at radius 3 is 3.30 bits per heavy atom. The molecule has 3 rings (SSSR count). The first-order valence-corrected chi connectivity index (χ1v) is 7.83. The average molecular weight is 290 g/mol. The minimum Gasteiger partial charge on any atom is -0.348 e. The van der Waals surface area contributed by atoms with Gasteiger partial charge in [-0.25, -0.2) is 9.97 Å². The summed E-state index contributed by atoms with van der Waals surface area (Å²) in [6.07, 6.45) is 9.26. The van der Waals surface area contributed by atoms with Crippen molar-refractivity contribution in [3.05, 3.63) is 34.3 Å². The molecule has 0 fully saturated rings. The number of thiazole rings is 1. The van der Waals surface area contributed by atoms with Crippen LogP contribution in [0.2, 0.25) is 0 Å². The number of nitrogens with one attached hydrogen (secondary N) is 1. The van der Waals surface area contributed by atoms with E-state index in [4.69, 9.17) is 0 Å². The van der Waals surface area contributed by atoms with E-state index in [2.05, 4.69) is 26.8 Å². The fourth-order valence-corrected chi connectivity index (χ4v) is 3.40. The van der Waals surface area contributed by atoms with E-state index in [1.165, 1.54) is 11.3 Å². The van der Waals surface area contributed by atoms with Crippen LogP contribution in [0.1, 0.15) is 40.3 Å². The lowest BCUT2D eigenvalue weighted by molar-refractivity contribution is 0.0934. The Morgan fingerprint density at radius 2 is 2.45 bits per heavy atom. The molecule has 1 N–H and O–H groups in total. The smallest absolute Gasteiger partial charge is 0.263 e. The van der Waals surface area contributed by atoms with Gasteiger partial charge in [0.25, 0.3) is 5.91 Å². The van der Waals surface area contributed by atoms with Gasteiger partial charge in [-0.15, -0.1) is 11.3 Å². The molecule has 1 aliphatic rings. The predicted molar refractivity (Wildman–Crippen MR) is 77.9 cm³/mol. The Balaban J connectivity index is 1.61. The molecule has 106 valence electrons. The Morgan fingerprint density at radius 1 is 1.55 bits per heavy atom. The van der Waals surface area contributed by atoms with E-state index in [0.717, 1.165) is 43.1 Å². The van der Waals surface area contributed by atoms with Gasteiger partial charge in [-0.2, -0.15) is 0 Å². The number of aryl methyl sites for hydroxylation is 2. The fourth-order valence-electron chi connectivity index (χ4n) is 2.48. The largest absolute Gasteiger partial charge is 0.348 e. The van der Waals surface area contributed by atoms with Crippen molar-refractivity contribution in [2.45, 2.75) is 45.2 Å². The molecule has 1 unspecified atom stereocenters. The third kappa shape index (κ3) is 2.75. The monoisotopic (exact) mass is 290 g/mol. The van der Waals surface area contributed by atoms with Gasteiger partial charge < -0.3 is 9.88 Å². The van der Waals surface area contributed by atoms with Gasteiger partial charge in [-0.3, -0.25) is 4.79 Å². The van der Waals surface area contributed by atoms with Crippen molar-refractivity contribution in [1.82, 2.24) is 19.9 Å². The molecule has 6 heteroatoms. The molecule has 2 aromatic heterocycles. The molecule has 2 aromatic rings. The number of fused-ring (bicyclic) bond motifs is 1. The van der Waals surface area contributed by atoms with E-state index in [1.807, 2.05) is 12.4 Å². The van der Waals surface area contributed by atoms with Crippen LogP contribution in [-0.2, 0) is 19.4 Å². The van der Waals surface area contributed by atoms with Gasteiger partial charge >= 0.3 is 0 Å². The Hall–Kier alpha value is -1.69. The highest BCUT2D eigenvalue weighted by Gasteiger charge is 2.22. The van der Waals surface area contributed by atoms with Gasteiger partial charge in [0.2, 0.25) is 0 Å². The summed E-state index contributed by atoms with van der Waals surface area (Å²) >= 11 is 1.50. The van der Waals surface area contributed by atoms with Gasteiger partial charge in [-0.05, 0) is 19.3 Å². The Bertz CT molecular complexity index is 604. The molecule has 0 saturated carbocycles. The van der Waals surface area contributed by atoms with Crippen molar-refractivity contribution >= 4 is 17.2 Å². The highest BCUT2D eigenvalue weighted by Crippen LogP contribution is 2.17. The predicted octanol–water partition coefficient (Wildman–Crippen LogP) is 2.04. The topological polar surface area (TPSA) is 59.8 Å². The maximum Gasteiger partial charge on any atom is 0.263 e. The molecule has 0 aliphatic carbocycles. The Labute approximate surface area is 122 Å². The molecule has 0 spiro atoms. The highest BCUT2D eigenvalue weighted by atomic mass is 32.1. The maximum atomic E-state index is 12.2. The number of amides is 1. The van der Waals surface area contributed by atoms with E-state index >= 15 is 0 Å². The summed E-state index contributed by atoms with van der Waals surface area (Å²) in [6.45, 7) is 3.04. The molecule has 1 atom stereocenters. The van der Waals surface area contributed by atoms with Crippen LogP contribution in [-0.4, -0.2) is 26.5 Å². The van der Waals surface area contributed by atoms with Gasteiger partial charge in [0, 0.05) is 31.4 Å². The molecular formula is C14H18N4OS. The first-order chi connectivity index (χ1) is 9.76. The number of nitrogens with zero attached hydrogens (tertiary/aromatic N) is 3. The van der Waals surface area contributed by atoms with Gasteiger partial charge in [0.05, 0.1) is 11.2 Å². The van der Waals surface area contributed by atoms with E-state index in [0.29, 0.717) is 4.88 Å². The van der Waals surface area contributed by atoms with Gasteiger partial charge in [0.1, 0.15) is 10.7 Å². The van der Waals surface area contributed by atoms with Crippen LogP contribution in [0.25, 0.3) is 0 Å². The summed E-state index contributed by atoms with van der Waals surface area (Å²) in [5.41, 5.74) is 0. The lowest BCUT2D eigenvalue weighted by atomic mass is 10.1. The summed E-state index contributed by atoms with van der Waals surface area (Å²) in [4.78, 5) is 21.5. The van der Waals surface area contributed by atoms with Crippen LogP contribution in [0, 0.1) is 0 Å². The van der Waals surface area contributed by atoms with Crippen molar-refractivity contribution < 1.29 is 4.79 Å². The minimum absolute atomic E-state index is 0.00476. The van der Waals surface area contributed by atoms with E-state index in [9.17, 15) is 4.79 Å². The molecule has 0 aromatic carbocycles. The molecular weight excluding hydrogens is 272 g/mol. The lowest BCUT2D eigenvalue weighted by Gasteiger charge is -2.23. The van der Waals surface area contributed by atoms with Crippen molar-refractivity contribution in [2.75, 3.05) is 0 Å². The molecule has 3 heterocycles. The number of hydrogen-bond acceptors (Lipinski definition) is 4. The second-order valence-corrected chi connectivity index (χ2v) is 6.18. The molecule has 20 heavy (non-hydrogen) atoms. The molecule has 0 bridgehead atoms. The fraction of sp³-hybridized carbons (Fsp3) is 0.500. The molecule has 0 radical (unpaired) electrons. The molecule has 1 amide bonds. The quantitative estimate of drug-likeness (QED) is 0.937. The minimum atomic E-state index is -0.00476. The van der Waals surface area contributed by atoms with Crippen molar-refractivity contribution in [1.29, 1.82) is 0 Å². The van der Waals surface area contributed by atoms with Crippen LogP contribution >= 0.6 is 11.3 Å². The zero-order chi connectivity index (χ0) is 13.9. The summed E-state index contributed by atoms with van der Waals surface area (Å²) in [5.74, 6) is 1.05. The normalized spacial score (nSPS) is 17.8. The first-order valence-electron chi connectivity index (χ1n) is 7.02. The van der Waals surface area contributed by atoms with Crippen LogP contribution in [0.4, 0.5) is 0 Å². The summed E-state index contributed by atoms with van der Waals surface area (Å²) < 4.78 is 2.15. The molecule has 1 aliphatic heterocycles. The lowest BCUT2D eigenvalue weighted by Crippen LogP contribution is -2.39. The average Bonchev–Trinajstić information content (AvgIpc) is 3.07. The van der Waals surface area contributed by atoms with Crippen molar-refractivity contribution in [3.8, 4) is 0 Å². The highest BCUT2D eigenvalue weighted by molar-refractivity contribution is 7.13. The van der Waals surface area contributed by atoms with Crippen molar-refractivity contribution in [2.24, 2.45) is 0 Å². The van der Waals surface area contributed by atoms with Gasteiger partial charge in [0.15, 0.2) is 0 Å². The number of aromatic nitrogens is 3. The number of carbonyl (C=O) groups is 1. The second kappa shape index (κ2) is 5.75. The van der Waals surface area contributed by atoms with Crippen LogP contribution in [0.15, 0.2) is 18.6 Å². The number of carbonyl (C=O) groups excluding carboxylic acids is 1. The van der Waals surface area contributed by atoms with Crippen LogP contribution in [0.3, 0.4) is 0 Å². The van der Waals surface area contributed by atoms with Crippen LogP contribution < -0.4 is 5.32 Å². The third-order valence-electron chi connectivity index (χ3n) is 3.53. The third-order valence-corrected chi connectivity index (χ3v) is 4.58. The number of imidazole rings is 1. The number of hydrogen-bond donors (Lipinski definition) is 1. The summed E-state index contributed by atoms with van der Waals surface area (Å²) in [7, 11) is 0. The molecule has 5 nitrogen and oxygen atoms in total. The first kappa shape index (κ1) is 13.3. The summed E-state index contributed by atoms with van der Waals surface area (Å²) in [6, 6.07) is 0.175. The zero-order valence-electron chi connectivity index (χ0n) is 11.5. The van der Waals surface area contributed by atoms with E-state index < -0.39 is 0 Å². The standard InChI is InChI=1S/C14H18N4OS/c1-2-3-13-16-9-11(20-13)14(19)17-10-4-6-18-7-5-15-12(18)8-10/h5,7,9-10H,2-4,6,8H2,1H3,(H,17,19). The maximum absolute atomic E-state index is 12.2. The van der Waals surface area contributed by atoms with E-state index in [1.54, 1.807) is 6.20 Å². The zero-order valence-corrected chi connectivity index (χ0v) is 12.3. The van der Waals surface area contributed by atoms with E-state index in [-0.39, 0.29) is 11.9 Å².